The molecule has 3 nitrogen and oxygen atoms in total. The first-order valence-corrected chi connectivity index (χ1v) is 7.27. The SMILES string of the molecule is CC.CC(C)C1CCN(C(=O)OC(C)(C)C)CC1. The van der Waals surface area contributed by atoms with Crippen LogP contribution in [0.25, 0.3) is 0 Å². The molecular weight excluding hydrogens is 226 g/mol. The van der Waals surface area contributed by atoms with Crippen molar-refractivity contribution in [1.82, 2.24) is 4.90 Å². The number of carbonyl (C=O) groups is 1. The Morgan fingerprint density at radius 1 is 1.17 bits per heavy atom. The van der Waals surface area contributed by atoms with E-state index in [2.05, 4.69) is 13.8 Å². The molecule has 1 amide bonds. The highest BCUT2D eigenvalue weighted by Crippen LogP contribution is 2.25. The molecule has 0 unspecified atom stereocenters. The Morgan fingerprint density at radius 3 is 1.94 bits per heavy atom. The fourth-order valence-electron chi connectivity index (χ4n) is 2.08. The molecule has 0 bridgehead atoms. The van der Waals surface area contributed by atoms with E-state index in [-0.39, 0.29) is 11.7 Å². The van der Waals surface area contributed by atoms with E-state index in [0.29, 0.717) is 0 Å². The van der Waals surface area contributed by atoms with Crippen molar-refractivity contribution in [3.05, 3.63) is 0 Å². The number of nitrogens with zero attached hydrogens (tertiary/aromatic N) is 1. The molecule has 1 rings (SSSR count). The molecule has 108 valence electrons. The van der Waals surface area contributed by atoms with Gasteiger partial charge in [-0.1, -0.05) is 27.7 Å². The average Bonchev–Trinajstić information content (AvgIpc) is 2.29. The van der Waals surface area contributed by atoms with Gasteiger partial charge in [-0.05, 0) is 45.4 Å². The number of ether oxygens (including phenoxy) is 1. The fourth-order valence-corrected chi connectivity index (χ4v) is 2.08. The number of rotatable bonds is 1. The molecule has 1 aliphatic heterocycles. The lowest BCUT2D eigenvalue weighted by atomic mass is 9.87. The first-order valence-electron chi connectivity index (χ1n) is 7.27. The number of carbonyl (C=O) groups excluding carboxylic acids is 1. The lowest BCUT2D eigenvalue weighted by Gasteiger charge is -2.34. The number of amides is 1. The summed E-state index contributed by atoms with van der Waals surface area (Å²) in [5.41, 5.74) is -0.383. The van der Waals surface area contributed by atoms with Gasteiger partial charge in [0, 0.05) is 13.1 Å². The number of hydrogen-bond acceptors (Lipinski definition) is 2. The van der Waals surface area contributed by atoms with E-state index >= 15 is 0 Å². The molecular formula is C15H31NO2. The van der Waals surface area contributed by atoms with E-state index in [9.17, 15) is 4.79 Å². The average molecular weight is 257 g/mol. The predicted octanol–water partition coefficient (Wildman–Crippen LogP) is 4.32. The van der Waals surface area contributed by atoms with E-state index in [4.69, 9.17) is 4.74 Å². The van der Waals surface area contributed by atoms with Crippen molar-refractivity contribution in [2.75, 3.05) is 13.1 Å². The van der Waals surface area contributed by atoms with E-state index in [1.807, 2.05) is 39.5 Å². The van der Waals surface area contributed by atoms with Crippen molar-refractivity contribution >= 4 is 6.09 Å². The van der Waals surface area contributed by atoms with Gasteiger partial charge >= 0.3 is 6.09 Å². The minimum Gasteiger partial charge on any atom is -0.444 e. The standard InChI is InChI=1S/C13H25NO2.C2H6/c1-10(2)11-6-8-14(9-7-11)12(15)16-13(3,4)5;1-2/h10-11H,6-9H2,1-5H3;1-2H3. The summed E-state index contributed by atoms with van der Waals surface area (Å²) in [5.74, 6) is 1.49. The molecule has 0 atom stereocenters. The Morgan fingerprint density at radius 2 is 1.61 bits per heavy atom. The van der Waals surface area contributed by atoms with E-state index in [1.54, 1.807) is 0 Å². The van der Waals surface area contributed by atoms with Crippen LogP contribution in [0.1, 0.15) is 61.3 Å². The van der Waals surface area contributed by atoms with Crippen molar-refractivity contribution in [3.63, 3.8) is 0 Å². The van der Waals surface area contributed by atoms with Crippen LogP contribution < -0.4 is 0 Å². The molecule has 18 heavy (non-hydrogen) atoms. The molecule has 0 spiro atoms. The van der Waals surface area contributed by atoms with Gasteiger partial charge in [-0.25, -0.2) is 4.79 Å². The summed E-state index contributed by atoms with van der Waals surface area (Å²) >= 11 is 0. The van der Waals surface area contributed by atoms with E-state index in [1.165, 1.54) is 0 Å². The quantitative estimate of drug-likeness (QED) is 0.700. The summed E-state index contributed by atoms with van der Waals surface area (Å²) < 4.78 is 5.36. The molecule has 1 saturated heterocycles. The van der Waals surface area contributed by atoms with Crippen LogP contribution in [0.4, 0.5) is 4.79 Å². The predicted molar refractivity (Wildman–Crippen MR) is 76.7 cm³/mol. The Labute approximate surface area is 113 Å². The number of hydrogen-bond donors (Lipinski definition) is 0. The molecule has 3 heteroatoms. The summed E-state index contributed by atoms with van der Waals surface area (Å²) in [4.78, 5) is 13.6. The highest BCUT2D eigenvalue weighted by atomic mass is 16.6. The van der Waals surface area contributed by atoms with E-state index < -0.39 is 0 Å². The third-order valence-electron chi connectivity index (χ3n) is 3.13. The van der Waals surface area contributed by atoms with Gasteiger partial charge in [-0.15, -0.1) is 0 Å². The van der Waals surface area contributed by atoms with Crippen molar-refractivity contribution in [2.45, 2.75) is 66.9 Å². The third kappa shape index (κ3) is 6.27. The van der Waals surface area contributed by atoms with Gasteiger partial charge in [0.2, 0.25) is 0 Å². The van der Waals surface area contributed by atoms with Crippen molar-refractivity contribution in [3.8, 4) is 0 Å². The summed E-state index contributed by atoms with van der Waals surface area (Å²) in [6.45, 7) is 15.9. The van der Waals surface area contributed by atoms with Gasteiger partial charge in [0.1, 0.15) is 5.60 Å². The van der Waals surface area contributed by atoms with Gasteiger partial charge in [0.05, 0.1) is 0 Å². The Hall–Kier alpha value is -0.730. The van der Waals surface area contributed by atoms with Gasteiger partial charge in [-0.3, -0.25) is 0 Å². The molecule has 0 saturated carbocycles. The van der Waals surface area contributed by atoms with Crippen LogP contribution in [0.5, 0.6) is 0 Å². The lowest BCUT2D eigenvalue weighted by Crippen LogP contribution is -2.42. The van der Waals surface area contributed by atoms with Crippen molar-refractivity contribution < 1.29 is 9.53 Å². The molecule has 0 aromatic rings. The van der Waals surface area contributed by atoms with Crippen LogP contribution in [0, 0.1) is 11.8 Å². The molecule has 1 heterocycles. The lowest BCUT2D eigenvalue weighted by molar-refractivity contribution is 0.0166. The summed E-state index contributed by atoms with van der Waals surface area (Å²) in [6, 6.07) is 0. The maximum Gasteiger partial charge on any atom is 0.410 e. The maximum atomic E-state index is 11.8. The van der Waals surface area contributed by atoms with Crippen LogP contribution in [-0.2, 0) is 4.74 Å². The third-order valence-corrected chi connectivity index (χ3v) is 3.13. The minimum atomic E-state index is -0.383. The summed E-state index contributed by atoms with van der Waals surface area (Å²) in [5, 5.41) is 0. The van der Waals surface area contributed by atoms with E-state index in [0.717, 1.165) is 37.8 Å². The van der Waals surface area contributed by atoms with Gasteiger partial charge in [0.25, 0.3) is 0 Å². The van der Waals surface area contributed by atoms with Crippen LogP contribution in [0.3, 0.4) is 0 Å². The van der Waals surface area contributed by atoms with Crippen molar-refractivity contribution in [2.24, 2.45) is 11.8 Å². The number of likely N-dealkylation sites (tertiary alicyclic amines) is 1. The first kappa shape index (κ1) is 17.3. The first-order chi connectivity index (χ1) is 8.29. The fraction of sp³-hybridized carbons (Fsp3) is 0.933. The molecule has 0 aromatic carbocycles. The minimum absolute atomic E-state index is 0.158. The normalized spacial score (nSPS) is 17.2. The Kier molecular flexibility index (Phi) is 7.34. The molecule has 0 aliphatic carbocycles. The molecule has 0 N–H and O–H groups in total. The monoisotopic (exact) mass is 257 g/mol. The smallest absolute Gasteiger partial charge is 0.410 e. The Balaban J connectivity index is 0.00000137. The number of piperidine rings is 1. The molecule has 0 radical (unpaired) electrons. The van der Waals surface area contributed by atoms with Gasteiger partial charge < -0.3 is 9.64 Å². The van der Waals surface area contributed by atoms with Crippen LogP contribution in [0.15, 0.2) is 0 Å². The summed E-state index contributed by atoms with van der Waals surface area (Å²) in [7, 11) is 0. The molecule has 1 fully saturated rings. The zero-order chi connectivity index (χ0) is 14.3. The second-order valence-corrected chi connectivity index (χ2v) is 6.05. The maximum absolute atomic E-state index is 11.8. The topological polar surface area (TPSA) is 29.5 Å². The van der Waals surface area contributed by atoms with Gasteiger partial charge in [0.15, 0.2) is 0 Å². The zero-order valence-corrected chi connectivity index (χ0v) is 13.2. The molecule has 1 aliphatic rings. The highest BCUT2D eigenvalue weighted by molar-refractivity contribution is 5.68. The van der Waals surface area contributed by atoms with Crippen LogP contribution in [0.2, 0.25) is 0 Å². The second kappa shape index (κ2) is 7.65. The van der Waals surface area contributed by atoms with Crippen LogP contribution >= 0.6 is 0 Å². The molecule has 0 aromatic heterocycles. The zero-order valence-electron chi connectivity index (χ0n) is 13.2. The Bertz CT molecular complexity index is 235. The highest BCUT2D eigenvalue weighted by Gasteiger charge is 2.27. The largest absolute Gasteiger partial charge is 0.444 e. The second-order valence-electron chi connectivity index (χ2n) is 6.05. The van der Waals surface area contributed by atoms with Crippen LogP contribution in [-0.4, -0.2) is 29.7 Å². The summed E-state index contributed by atoms with van der Waals surface area (Å²) in [6.07, 6.45) is 2.06. The van der Waals surface area contributed by atoms with Gasteiger partial charge in [-0.2, -0.15) is 0 Å². The van der Waals surface area contributed by atoms with Crippen molar-refractivity contribution in [1.29, 1.82) is 0 Å².